The molecule has 1 aliphatic carbocycles. The van der Waals surface area contributed by atoms with Crippen molar-refractivity contribution in [3.8, 4) is 11.3 Å². The predicted octanol–water partition coefficient (Wildman–Crippen LogP) is 4.22. The molecule has 5 heteroatoms. The summed E-state index contributed by atoms with van der Waals surface area (Å²) in [6.07, 6.45) is 2.28. The van der Waals surface area contributed by atoms with Crippen molar-refractivity contribution < 1.29 is 0 Å². The van der Waals surface area contributed by atoms with E-state index in [1.165, 1.54) is 0 Å². The lowest BCUT2D eigenvalue weighted by Crippen LogP contribution is -2.04. The van der Waals surface area contributed by atoms with E-state index >= 15 is 0 Å². The van der Waals surface area contributed by atoms with Crippen LogP contribution in [0, 0.1) is 6.92 Å². The monoisotopic (exact) mass is 293 g/mol. The van der Waals surface area contributed by atoms with Gasteiger partial charge in [-0.15, -0.1) is 0 Å². The first-order valence-corrected chi connectivity index (χ1v) is 6.91. The lowest BCUT2D eigenvalue weighted by Gasteiger charge is -2.10. The molecule has 1 fully saturated rings. The molecule has 1 heterocycles. The molecular weight excluding hydrogens is 281 g/mol. The Balaban J connectivity index is 2.14. The van der Waals surface area contributed by atoms with Crippen molar-refractivity contribution in [1.82, 2.24) is 9.97 Å². The van der Waals surface area contributed by atoms with Gasteiger partial charge in [0.25, 0.3) is 0 Å². The fourth-order valence-electron chi connectivity index (χ4n) is 2.00. The molecule has 3 nitrogen and oxygen atoms in total. The normalized spacial score (nSPS) is 14.7. The van der Waals surface area contributed by atoms with E-state index in [0.29, 0.717) is 21.8 Å². The Morgan fingerprint density at radius 2 is 1.89 bits per heavy atom. The molecule has 1 aromatic carbocycles. The Kier molecular flexibility index (Phi) is 3.11. The molecule has 0 radical (unpaired) electrons. The molecule has 1 aliphatic rings. The van der Waals surface area contributed by atoms with Gasteiger partial charge in [0.05, 0.1) is 15.7 Å². The van der Waals surface area contributed by atoms with Crippen LogP contribution < -0.4 is 5.73 Å². The van der Waals surface area contributed by atoms with Gasteiger partial charge in [-0.3, -0.25) is 0 Å². The Bertz CT molecular complexity index is 651. The van der Waals surface area contributed by atoms with Crippen LogP contribution >= 0.6 is 23.2 Å². The summed E-state index contributed by atoms with van der Waals surface area (Å²) in [7, 11) is 0. The number of nitrogen functional groups attached to an aromatic ring is 1. The van der Waals surface area contributed by atoms with E-state index in [1.807, 2.05) is 19.1 Å². The summed E-state index contributed by atoms with van der Waals surface area (Å²) >= 11 is 12.0. The molecule has 2 aromatic rings. The second-order valence-electron chi connectivity index (χ2n) is 4.84. The minimum atomic E-state index is 0.462. The van der Waals surface area contributed by atoms with Crippen LogP contribution in [0.4, 0.5) is 5.82 Å². The molecule has 0 aliphatic heterocycles. The highest BCUT2D eigenvalue weighted by molar-refractivity contribution is 6.42. The maximum Gasteiger partial charge on any atom is 0.134 e. The molecule has 98 valence electrons. The largest absolute Gasteiger partial charge is 0.383 e. The third kappa shape index (κ3) is 2.40. The average molecular weight is 294 g/mol. The molecule has 1 saturated carbocycles. The van der Waals surface area contributed by atoms with Gasteiger partial charge in [-0.2, -0.15) is 0 Å². The molecule has 0 unspecified atom stereocenters. The Morgan fingerprint density at radius 1 is 1.16 bits per heavy atom. The minimum absolute atomic E-state index is 0.462. The first-order chi connectivity index (χ1) is 9.06. The second kappa shape index (κ2) is 4.66. The zero-order chi connectivity index (χ0) is 13.6. The van der Waals surface area contributed by atoms with Crippen molar-refractivity contribution in [1.29, 1.82) is 0 Å². The summed E-state index contributed by atoms with van der Waals surface area (Å²) in [5.41, 5.74) is 8.62. The van der Waals surface area contributed by atoms with Gasteiger partial charge in [0.2, 0.25) is 0 Å². The van der Waals surface area contributed by atoms with Gasteiger partial charge in [0.15, 0.2) is 0 Å². The molecule has 0 atom stereocenters. The summed E-state index contributed by atoms with van der Waals surface area (Å²) in [6, 6.07) is 5.49. The van der Waals surface area contributed by atoms with Gasteiger partial charge in [-0.1, -0.05) is 29.3 Å². The zero-order valence-electron chi connectivity index (χ0n) is 10.5. The molecule has 0 saturated heterocycles. The SMILES string of the molecule is Cc1c(N)nc(C2CC2)nc1-c1ccc(Cl)c(Cl)c1. The van der Waals surface area contributed by atoms with Gasteiger partial charge in [-0.25, -0.2) is 9.97 Å². The fraction of sp³-hybridized carbons (Fsp3) is 0.286. The predicted molar refractivity (Wildman–Crippen MR) is 78.6 cm³/mol. The van der Waals surface area contributed by atoms with Crippen LogP contribution in [0.5, 0.6) is 0 Å². The van der Waals surface area contributed by atoms with Gasteiger partial charge >= 0.3 is 0 Å². The van der Waals surface area contributed by atoms with E-state index < -0.39 is 0 Å². The van der Waals surface area contributed by atoms with Crippen molar-refractivity contribution in [2.75, 3.05) is 5.73 Å². The number of hydrogen-bond acceptors (Lipinski definition) is 3. The maximum absolute atomic E-state index is 6.06. The van der Waals surface area contributed by atoms with Crippen LogP contribution in [-0.2, 0) is 0 Å². The van der Waals surface area contributed by atoms with E-state index in [-0.39, 0.29) is 0 Å². The molecule has 0 amide bonds. The lowest BCUT2D eigenvalue weighted by molar-refractivity contribution is 0.928. The topological polar surface area (TPSA) is 51.8 Å². The van der Waals surface area contributed by atoms with Gasteiger partial charge < -0.3 is 5.73 Å². The molecule has 3 rings (SSSR count). The van der Waals surface area contributed by atoms with Crippen LogP contribution in [0.2, 0.25) is 10.0 Å². The number of nitrogens with zero attached hydrogens (tertiary/aromatic N) is 2. The van der Waals surface area contributed by atoms with Crippen LogP contribution in [0.1, 0.15) is 30.1 Å². The number of rotatable bonds is 2. The van der Waals surface area contributed by atoms with Gasteiger partial charge in [0.1, 0.15) is 11.6 Å². The summed E-state index contributed by atoms with van der Waals surface area (Å²) in [4.78, 5) is 9.01. The molecule has 0 bridgehead atoms. The van der Waals surface area contributed by atoms with Crippen LogP contribution in [0.15, 0.2) is 18.2 Å². The fourth-order valence-corrected chi connectivity index (χ4v) is 2.30. The first kappa shape index (κ1) is 12.7. The van der Waals surface area contributed by atoms with E-state index in [9.17, 15) is 0 Å². The Morgan fingerprint density at radius 3 is 2.53 bits per heavy atom. The highest BCUT2D eigenvalue weighted by Gasteiger charge is 2.28. The minimum Gasteiger partial charge on any atom is -0.383 e. The molecule has 0 spiro atoms. The highest BCUT2D eigenvalue weighted by Crippen LogP contribution is 2.40. The zero-order valence-corrected chi connectivity index (χ0v) is 12.0. The van der Waals surface area contributed by atoms with Crippen LogP contribution in [0.25, 0.3) is 11.3 Å². The summed E-state index contributed by atoms with van der Waals surface area (Å²) in [6.45, 7) is 1.92. The van der Waals surface area contributed by atoms with Gasteiger partial charge in [0, 0.05) is 17.0 Å². The maximum atomic E-state index is 6.06. The highest BCUT2D eigenvalue weighted by atomic mass is 35.5. The van der Waals surface area contributed by atoms with Crippen molar-refractivity contribution in [2.24, 2.45) is 0 Å². The third-order valence-electron chi connectivity index (χ3n) is 3.34. The van der Waals surface area contributed by atoms with Crippen LogP contribution in [0.3, 0.4) is 0 Å². The summed E-state index contributed by atoms with van der Waals surface area (Å²) in [5, 5.41) is 1.05. The van der Waals surface area contributed by atoms with E-state index in [1.54, 1.807) is 6.07 Å². The van der Waals surface area contributed by atoms with E-state index in [4.69, 9.17) is 28.9 Å². The summed E-state index contributed by atoms with van der Waals surface area (Å²) < 4.78 is 0. The van der Waals surface area contributed by atoms with Crippen molar-refractivity contribution in [3.05, 3.63) is 39.6 Å². The number of benzene rings is 1. The number of aromatic nitrogens is 2. The van der Waals surface area contributed by atoms with Crippen molar-refractivity contribution in [3.63, 3.8) is 0 Å². The first-order valence-electron chi connectivity index (χ1n) is 6.15. The third-order valence-corrected chi connectivity index (χ3v) is 4.08. The second-order valence-corrected chi connectivity index (χ2v) is 5.66. The Hall–Kier alpha value is -1.32. The summed E-state index contributed by atoms with van der Waals surface area (Å²) in [5.74, 6) is 1.84. The smallest absolute Gasteiger partial charge is 0.134 e. The number of hydrogen-bond donors (Lipinski definition) is 1. The Labute approximate surface area is 121 Å². The molecule has 19 heavy (non-hydrogen) atoms. The van der Waals surface area contributed by atoms with Crippen LogP contribution in [-0.4, -0.2) is 9.97 Å². The number of anilines is 1. The number of nitrogens with two attached hydrogens (primary N) is 1. The van der Waals surface area contributed by atoms with Crippen molar-refractivity contribution in [2.45, 2.75) is 25.7 Å². The molecule has 1 aromatic heterocycles. The molecular formula is C14H13Cl2N3. The van der Waals surface area contributed by atoms with Gasteiger partial charge in [-0.05, 0) is 31.9 Å². The number of halogens is 2. The quantitative estimate of drug-likeness (QED) is 0.902. The van der Waals surface area contributed by atoms with E-state index in [0.717, 1.165) is 35.5 Å². The average Bonchev–Trinajstić information content (AvgIpc) is 3.20. The molecule has 2 N–H and O–H groups in total. The standard InChI is InChI=1S/C14H13Cl2N3/c1-7-12(9-4-5-10(15)11(16)6-9)18-14(8-2-3-8)19-13(7)17/h4-6,8H,2-3H2,1H3,(H2,17,18,19). The van der Waals surface area contributed by atoms with Crippen molar-refractivity contribution >= 4 is 29.0 Å². The lowest BCUT2D eigenvalue weighted by atomic mass is 10.1. The van der Waals surface area contributed by atoms with E-state index in [2.05, 4.69) is 9.97 Å².